The van der Waals surface area contributed by atoms with E-state index in [1.165, 1.54) is 19.3 Å². The van der Waals surface area contributed by atoms with Crippen LogP contribution in [-0.4, -0.2) is 29.5 Å². The van der Waals surface area contributed by atoms with Crippen LogP contribution in [0.4, 0.5) is 11.4 Å². The zero-order chi connectivity index (χ0) is 15.2. The van der Waals surface area contributed by atoms with E-state index in [1.807, 2.05) is 19.1 Å². The summed E-state index contributed by atoms with van der Waals surface area (Å²) in [6.07, 6.45) is 3.82. The molecule has 1 fully saturated rings. The molecule has 5 nitrogen and oxygen atoms in total. The van der Waals surface area contributed by atoms with Crippen molar-refractivity contribution < 1.29 is 4.92 Å². The van der Waals surface area contributed by atoms with Crippen molar-refractivity contribution in [3.8, 4) is 0 Å². The number of hydrogen-bond donors (Lipinski definition) is 1. The van der Waals surface area contributed by atoms with E-state index >= 15 is 0 Å². The number of benzene rings is 1. The molecule has 0 bridgehead atoms. The topological polar surface area (TPSA) is 58.4 Å². The third-order valence-electron chi connectivity index (χ3n) is 4.21. The summed E-state index contributed by atoms with van der Waals surface area (Å²) in [6, 6.07) is 5.43. The Morgan fingerprint density at radius 2 is 2.24 bits per heavy atom. The van der Waals surface area contributed by atoms with Crippen molar-refractivity contribution in [3.63, 3.8) is 0 Å². The molecule has 0 saturated carbocycles. The lowest BCUT2D eigenvalue weighted by Gasteiger charge is -2.32. The molecule has 0 amide bonds. The Labute approximate surface area is 126 Å². The van der Waals surface area contributed by atoms with Crippen LogP contribution in [0.15, 0.2) is 18.2 Å². The highest BCUT2D eigenvalue weighted by atomic mass is 16.6. The molecule has 0 spiro atoms. The van der Waals surface area contributed by atoms with Gasteiger partial charge in [-0.3, -0.25) is 15.0 Å². The minimum absolute atomic E-state index is 0.158. The van der Waals surface area contributed by atoms with Gasteiger partial charge in [0.2, 0.25) is 0 Å². The Balaban J connectivity index is 2.09. The fourth-order valence-electron chi connectivity index (χ4n) is 3.06. The summed E-state index contributed by atoms with van der Waals surface area (Å²) in [5.41, 5.74) is 1.93. The van der Waals surface area contributed by atoms with Gasteiger partial charge in [-0.2, -0.15) is 0 Å². The first-order valence-corrected chi connectivity index (χ1v) is 7.87. The highest BCUT2D eigenvalue weighted by Crippen LogP contribution is 2.27. The molecule has 0 radical (unpaired) electrons. The van der Waals surface area contributed by atoms with Crippen LogP contribution in [0.25, 0.3) is 0 Å². The van der Waals surface area contributed by atoms with Crippen molar-refractivity contribution >= 4 is 11.4 Å². The van der Waals surface area contributed by atoms with Gasteiger partial charge < -0.3 is 5.32 Å². The van der Waals surface area contributed by atoms with Gasteiger partial charge >= 0.3 is 0 Å². The van der Waals surface area contributed by atoms with Crippen LogP contribution in [0.1, 0.15) is 38.7 Å². The number of hydrogen-bond acceptors (Lipinski definition) is 4. The van der Waals surface area contributed by atoms with Crippen LogP contribution in [0.2, 0.25) is 0 Å². The molecule has 1 atom stereocenters. The number of rotatable bonds is 6. The predicted octanol–water partition coefficient (Wildman–Crippen LogP) is 3.65. The number of likely N-dealkylation sites (tertiary alicyclic amines) is 1. The van der Waals surface area contributed by atoms with Crippen molar-refractivity contribution in [2.24, 2.45) is 5.92 Å². The molecule has 1 heterocycles. The van der Waals surface area contributed by atoms with Gasteiger partial charge in [-0.05, 0) is 43.9 Å². The van der Waals surface area contributed by atoms with Crippen LogP contribution < -0.4 is 5.32 Å². The zero-order valence-corrected chi connectivity index (χ0v) is 13.0. The highest BCUT2D eigenvalue weighted by molar-refractivity contribution is 5.62. The quantitative estimate of drug-likeness (QED) is 0.642. The molecule has 1 aromatic carbocycles. The Morgan fingerprint density at radius 1 is 1.43 bits per heavy atom. The van der Waals surface area contributed by atoms with Gasteiger partial charge in [-0.1, -0.05) is 19.4 Å². The minimum Gasteiger partial charge on any atom is -0.380 e. The first kappa shape index (κ1) is 15.8. The van der Waals surface area contributed by atoms with E-state index in [0.717, 1.165) is 31.1 Å². The zero-order valence-electron chi connectivity index (χ0n) is 13.0. The van der Waals surface area contributed by atoms with Crippen LogP contribution in [0, 0.1) is 16.0 Å². The molecule has 1 saturated heterocycles. The first-order chi connectivity index (χ1) is 10.1. The number of piperidine rings is 1. The predicted molar refractivity (Wildman–Crippen MR) is 85.6 cm³/mol. The maximum Gasteiger partial charge on any atom is 0.292 e. The molecular formula is C16H25N3O2. The van der Waals surface area contributed by atoms with Gasteiger partial charge in [0, 0.05) is 25.7 Å². The fraction of sp³-hybridized carbons (Fsp3) is 0.625. The third-order valence-corrected chi connectivity index (χ3v) is 4.21. The number of nitro benzene ring substituents is 1. The maximum atomic E-state index is 11.0. The monoisotopic (exact) mass is 291 g/mol. The molecule has 1 aliphatic heterocycles. The molecule has 2 rings (SSSR count). The SMILES string of the molecule is CCNc1cc(CN2CCCC(CC)C2)ccc1[N+](=O)[O-]. The summed E-state index contributed by atoms with van der Waals surface area (Å²) in [6.45, 7) is 8.04. The summed E-state index contributed by atoms with van der Waals surface area (Å²) >= 11 is 0. The van der Waals surface area contributed by atoms with E-state index in [4.69, 9.17) is 0 Å². The summed E-state index contributed by atoms with van der Waals surface area (Å²) < 4.78 is 0. The van der Waals surface area contributed by atoms with Crippen molar-refractivity contribution in [1.82, 2.24) is 4.90 Å². The molecule has 1 aliphatic rings. The van der Waals surface area contributed by atoms with Crippen LogP contribution in [0.3, 0.4) is 0 Å². The molecule has 0 aromatic heterocycles. The second-order valence-electron chi connectivity index (χ2n) is 5.79. The van der Waals surface area contributed by atoms with Crippen molar-refractivity contribution in [2.75, 3.05) is 25.0 Å². The number of anilines is 1. The molecule has 5 heteroatoms. The Hall–Kier alpha value is -1.62. The van der Waals surface area contributed by atoms with Gasteiger partial charge in [0.15, 0.2) is 0 Å². The van der Waals surface area contributed by atoms with E-state index < -0.39 is 0 Å². The maximum absolute atomic E-state index is 11.0. The van der Waals surface area contributed by atoms with Gasteiger partial charge in [0.05, 0.1) is 4.92 Å². The molecular weight excluding hydrogens is 266 g/mol. The van der Waals surface area contributed by atoms with Crippen molar-refractivity contribution in [2.45, 2.75) is 39.7 Å². The number of nitrogens with zero attached hydrogens (tertiary/aromatic N) is 2. The Bertz CT molecular complexity index is 490. The average molecular weight is 291 g/mol. The third kappa shape index (κ3) is 4.17. The van der Waals surface area contributed by atoms with E-state index in [0.29, 0.717) is 12.2 Å². The highest BCUT2D eigenvalue weighted by Gasteiger charge is 2.19. The lowest BCUT2D eigenvalue weighted by molar-refractivity contribution is -0.384. The van der Waals surface area contributed by atoms with E-state index in [2.05, 4.69) is 17.1 Å². The van der Waals surface area contributed by atoms with Gasteiger partial charge in [0.1, 0.15) is 5.69 Å². The van der Waals surface area contributed by atoms with Crippen LogP contribution >= 0.6 is 0 Å². The van der Waals surface area contributed by atoms with Gasteiger partial charge in [-0.15, -0.1) is 0 Å². The standard InChI is InChI=1S/C16H25N3O2/c1-3-13-6-5-9-18(11-13)12-14-7-8-16(19(20)21)15(10-14)17-4-2/h7-8,10,13,17H,3-6,9,11-12H2,1-2H3. The number of nitrogens with one attached hydrogen (secondary N) is 1. The van der Waals surface area contributed by atoms with Crippen LogP contribution in [-0.2, 0) is 6.54 Å². The average Bonchev–Trinajstić information content (AvgIpc) is 2.48. The smallest absolute Gasteiger partial charge is 0.292 e. The second-order valence-corrected chi connectivity index (χ2v) is 5.79. The summed E-state index contributed by atoms with van der Waals surface area (Å²) in [5.74, 6) is 0.796. The van der Waals surface area contributed by atoms with Gasteiger partial charge in [0.25, 0.3) is 5.69 Å². The fourth-order valence-corrected chi connectivity index (χ4v) is 3.06. The Kier molecular flexibility index (Phi) is 5.56. The first-order valence-electron chi connectivity index (χ1n) is 7.87. The van der Waals surface area contributed by atoms with Crippen molar-refractivity contribution in [3.05, 3.63) is 33.9 Å². The van der Waals surface area contributed by atoms with Crippen molar-refractivity contribution in [1.29, 1.82) is 0 Å². The summed E-state index contributed by atoms with van der Waals surface area (Å²) in [7, 11) is 0. The van der Waals surface area contributed by atoms with E-state index in [-0.39, 0.29) is 10.6 Å². The molecule has 21 heavy (non-hydrogen) atoms. The summed E-state index contributed by atoms with van der Waals surface area (Å²) in [5, 5.41) is 14.1. The molecule has 1 aromatic rings. The lowest BCUT2D eigenvalue weighted by Crippen LogP contribution is -2.34. The molecule has 116 valence electrons. The molecule has 1 unspecified atom stereocenters. The van der Waals surface area contributed by atoms with Gasteiger partial charge in [-0.25, -0.2) is 0 Å². The van der Waals surface area contributed by atoms with Crippen LogP contribution in [0.5, 0.6) is 0 Å². The number of nitro groups is 1. The molecule has 0 aliphatic carbocycles. The molecule has 1 N–H and O–H groups in total. The normalized spacial score (nSPS) is 19.4. The second kappa shape index (κ2) is 7.41. The lowest BCUT2D eigenvalue weighted by atomic mass is 9.95. The summed E-state index contributed by atoms with van der Waals surface area (Å²) in [4.78, 5) is 13.2. The Morgan fingerprint density at radius 3 is 2.90 bits per heavy atom. The largest absolute Gasteiger partial charge is 0.380 e. The minimum atomic E-state index is -0.324. The van der Waals surface area contributed by atoms with E-state index in [9.17, 15) is 10.1 Å². The van der Waals surface area contributed by atoms with E-state index in [1.54, 1.807) is 6.07 Å².